The van der Waals surface area contributed by atoms with E-state index in [1.807, 2.05) is 100 Å². The smallest absolute Gasteiger partial charge is 0.332 e. The number of halogens is 1. The van der Waals surface area contributed by atoms with E-state index in [4.69, 9.17) is 36.3 Å². The van der Waals surface area contributed by atoms with Crippen molar-refractivity contribution in [2.75, 3.05) is 13.2 Å². The van der Waals surface area contributed by atoms with Crippen LogP contribution in [-0.4, -0.2) is 58.6 Å². The van der Waals surface area contributed by atoms with E-state index in [2.05, 4.69) is 5.32 Å². The second kappa shape index (κ2) is 16.3. The molecule has 1 amide bonds. The summed E-state index contributed by atoms with van der Waals surface area (Å²) in [6, 6.07) is 26.9. The Kier molecular flexibility index (Phi) is 11.9. The van der Waals surface area contributed by atoms with Gasteiger partial charge in [-0.1, -0.05) is 72.8 Å². The molecule has 300 valence electrons. The van der Waals surface area contributed by atoms with E-state index < -0.39 is 22.3 Å². The zero-order chi connectivity index (χ0) is 41.2. The molecule has 0 radical (unpaired) electrons. The number of hydrogen-bond donors (Lipinski definition) is 2. The van der Waals surface area contributed by atoms with Gasteiger partial charge >= 0.3 is 11.9 Å². The maximum atomic E-state index is 13.2. The molecular weight excluding hydrogens is 744 g/mol. The summed E-state index contributed by atoms with van der Waals surface area (Å²) in [5, 5.41) is 2.55. The molecule has 8 rings (SSSR count). The monoisotopic (exact) mass is 794 g/mol. The molecule has 0 saturated carbocycles. The molecule has 2 aliphatic heterocycles. The van der Waals surface area contributed by atoms with E-state index in [1.165, 1.54) is 0 Å². The molecule has 10 nitrogen and oxygen atoms in total. The van der Waals surface area contributed by atoms with Crippen LogP contribution in [0.25, 0.3) is 0 Å². The molecule has 4 aromatic rings. The van der Waals surface area contributed by atoms with Crippen molar-refractivity contribution >= 4 is 34.7 Å². The summed E-state index contributed by atoms with van der Waals surface area (Å²) in [4.78, 5) is 48.9. The molecule has 3 N–H and O–H groups in total. The van der Waals surface area contributed by atoms with Crippen LogP contribution in [-0.2, 0) is 57.6 Å². The average Bonchev–Trinajstić information content (AvgIpc) is 3.89. The van der Waals surface area contributed by atoms with E-state index in [0.29, 0.717) is 54.9 Å². The van der Waals surface area contributed by atoms with Gasteiger partial charge in [-0.05, 0) is 98.7 Å². The van der Waals surface area contributed by atoms with Gasteiger partial charge < -0.3 is 30.0 Å². The first kappa shape index (κ1) is 41.4. The number of para-hydroxylation sites is 2. The lowest BCUT2D eigenvalue weighted by Crippen LogP contribution is -2.56. The summed E-state index contributed by atoms with van der Waals surface area (Å²) in [7, 11) is 0. The lowest BCUT2D eigenvalue weighted by Gasteiger charge is -2.28. The van der Waals surface area contributed by atoms with Gasteiger partial charge in [-0.25, -0.2) is 4.79 Å². The third kappa shape index (κ3) is 9.03. The maximum absolute atomic E-state index is 13.2. The van der Waals surface area contributed by atoms with Crippen molar-refractivity contribution in [3.8, 4) is 11.5 Å². The topological polar surface area (TPSA) is 143 Å². The Bertz CT molecular complexity index is 2140. The van der Waals surface area contributed by atoms with Crippen LogP contribution in [0.5, 0.6) is 11.5 Å². The first-order chi connectivity index (χ1) is 27.0. The molecule has 57 heavy (non-hydrogen) atoms. The van der Waals surface area contributed by atoms with Crippen LogP contribution >= 0.6 is 11.6 Å². The summed E-state index contributed by atoms with van der Waals surface area (Å²) < 4.78 is 22.1. The number of rotatable bonds is 7. The van der Waals surface area contributed by atoms with Gasteiger partial charge in [-0.3, -0.25) is 14.4 Å². The Hall–Kier alpha value is -5.19. The quantitative estimate of drug-likeness (QED) is 0.149. The lowest BCUT2D eigenvalue weighted by molar-refractivity contribution is -0.150. The number of nitrogens with one attached hydrogen (secondary N) is 1. The van der Waals surface area contributed by atoms with Crippen molar-refractivity contribution in [1.29, 1.82) is 0 Å². The van der Waals surface area contributed by atoms with Crippen LogP contribution in [0.3, 0.4) is 0 Å². The van der Waals surface area contributed by atoms with Crippen LogP contribution in [0.15, 0.2) is 84.9 Å². The van der Waals surface area contributed by atoms with E-state index in [0.717, 1.165) is 46.2 Å². The SMILES string of the molecule is CC1(C)Cc2cccc(C(=O)Cl)c2O1.CCOC(=O)C1(N)Cc2ccccc2C1.CCOC(=O)C1(NC(=O)c2cccc3c2OC(C)(C)C3)Cc2ccccc2C1. The molecule has 2 aliphatic carbocycles. The summed E-state index contributed by atoms with van der Waals surface area (Å²) in [5.74, 6) is 0.266. The van der Waals surface area contributed by atoms with E-state index in [9.17, 15) is 19.2 Å². The van der Waals surface area contributed by atoms with Crippen LogP contribution in [0.1, 0.15) is 95.6 Å². The summed E-state index contributed by atoms with van der Waals surface area (Å²) in [6.45, 7) is 12.2. The third-order valence-electron chi connectivity index (χ3n) is 10.6. The number of nitrogens with two attached hydrogens (primary N) is 1. The minimum Gasteiger partial charge on any atom is -0.486 e. The van der Waals surface area contributed by atoms with Crippen molar-refractivity contribution in [2.45, 2.75) is 102 Å². The minimum absolute atomic E-state index is 0.231. The molecule has 0 unspecified atom stereocenters. The van der Waals surface area contributed by atoms with Gasteiger partial charge in [-0.2, -0.15) is 0 Å². The van der Waals surface area contributed by atoms with Gasteiger partial charge in [0.25, 0.3) is 11.1 Å². The van der Waals surface area contributed by atoms with Crippen molar-refractivity contribution in [2.24, 2.45) is 5.73 Å². The largest absolute Gasteiger partial charge is 0.486 e. The number of carbonyl (C=O) groups is 4. The second-order valence-electron chi connectivity index (χ2n) is 16.3. The second-order valence-corrected chi connectivity index (χ2v) is 16.7. The fourth-order valence-electron chi connectivity index (χ4n) is 8.08. The van der Waals surface area contributed by atoms with Gasteiger partial charge in [0, 0.05) is 38.5 Å². The molecule has 0 aromatic heterocycles. The van der Waals surface area contributed by atoms with Gasteiger partial charge in [0.1, 0.15) is 33.8 Å². The normalized spacial score (nSPS) is 17.6. The Balaban J connectivity index is 0.000000159. The summed E-state index contributed by atoms with van der Waals surface area (Å²) in [5.41, 5.74) is 11.0. The van der Waals surface area contributed by atoms with Crippen LogP contribution < -0.4 is 20.5 Å². The Morgan fingerprint density at radius 3 is 1.46 bits per heavy atom. The number of carbonyl (C=O) groups excluding carboxylic acids is 4. The molecule has 11 heteroatoms. The molecule has 4 aliphatic rings. The molecule has 0 saturated heterocycles. The van der Waals surface area contributed by atoms with Crippen molar-refractivity contribution < 1.29 is 38.1 Å². The third-order valence-corrected chi connectivity index (χ3v) is 10.8. The van der Waals surface area contributed by atoms with Gasteiger partial charge in [-0.15, -0.1) is 0 Å². The van der Waals surface area contributed by atoms with Crippen molar-refractivity contribution in [3.63, 3.8) is 0 Å². The van der Waals surface area contributed by atoms with Crippen molar-refractivity contribution in [1.82, 2.24) is 5.32 Å². The number of benzene rings is 4. The Labute approximate surface area is 339 Å². The van der Waals surface area contributed by atoms with Crippen molar-refractivity contribution in [3.05, 3.63) is 129 Å². The molecule has 0 fully saturated rings. The highest BCUT2D eigenvalue weighted by atomic mass is 35.5. The molecule has 4 aromatic carbocycles. The first-order valence-electron chi connectivity index (χ1n) is 19.4. The minimum atomic E-state index is -1.09. The first-order valence-corrected chi connectivity index (χ1v) is 19.8. The average molecular weight is 795 g/mol. The predicted molar refractivity (Wildman–Crippen MR) is 218 cm³/mol. The molecular formula is C46H51ClN2O8. The van der Waals surface area contributed by atoms with E-state index in [1.54, 1.807) is 26.0 Å². The number of fused-ring (bicyclic) bond motifs is 4. The molecule has 2 heterocycles. The zero-order valence-corrected chi connectivity index (χ0v) is 34.2. The number of esters is 2. The van der Waals surface area contributed by atoms with Gasteiger partial charge in [0.15, 0.2) is 0 Å². The number of amides is 1. The summed E-state index contributed by atoms with van der Waals surface area (Å²) in [6.07, 6.45) is 3.59. The molecule has 0 spiro atoms. The Morgan fingerprint density at radius 1 is 0.596 bits per heavy atom. The highest BCUT2D eigenvalue weighted by molar-refractivity contribution is 6.68. The fraction of sp³-hybridized carbons (Fsp3) is 0.391. The van der Waals surface area contributed by atoms with Gasteiger partial charge in [0.05, 0.1) is 24.3 Å². The van der Waals surface area contributed by atoms with Crippen LogP contribution in [0, 0.1) is 0 Å². The van der Waals surface area contributed by atoms with E-state index >= 15 is 0 Å². The summed E-state index contributed by atoms with van der Waals surface area (Å²) >= 11 is 5.46. The molecule has 0 atom stereocenters. The molecule has 0 bridgehead atoms. The highest BCUT2D eigenvalue weighted by Crippen LogP contribution is 2.40. The maximum Gasteiger partial charge on any atom is 0.332 e. The van der Waals surface area contributed by atoms with Gasteiger partial charge in [0.2, 0.25) is 0 Å². The van der Waals surface area contributed by atoms with E-state index in [-0.39, 0.29) is 29.7 Å². The highest BCUT2D eigenvalue weighted by Gasteiger charge is 2.47. The standard InChI is InChI=1S/C23H25NO4.C12H15NO2.C11H11ClO2/c1-4-27-21(26)23(13-15-8-5-6-9-16(15)14-23)24-20(25)18-11-7-10-17-12-22(2,3)28-19(17)18;1-2-15-11(14)12(13)7-9-5-3-4-6-10(9)8-12;1-11(2)6-7-4-3-5-8(10(12)13)9(7)14-11/h5-11H,4,12-14H2,1-3H3,(H,24,25);3-6H,2,7-8,13H2,1H3;3-5H,6H2,1-2H3. The zero-order valence-electron chi connectivity index (χ0n) is 33.5. The fourth-order valence-corrected chi connectivity index (χ4v) is 8.23. The Morgan fingerprint density at radius 2 is 1.00 bits per heavy atom. The lowest BCUT2D eigenvalue weighted by atomic mass is 9.94. The predicted octanol–water partition coefficient (Wildman–Crippen LogP) is 7.06. The van der Waals surface area contributed by atoms with Crippen LogP contribution in [0.2, 0.25) is 0 Å². The number of hydrogen-bond acceptors (Lipinski definition) is 9. The van der Waals surface area contributed by atoms with Crippen LogP contribution in [0.4, 0.5) is 0 Å². The number of ether oxygens (including phenoxy) is 4.